The van der Waals surface area contributed by atoms with E-state index in [1.165, 1.54) is 44.4 Å². The number of aromatic nitrogens is 4. The van der Waals surface area contributed by atoms with Gasteiger partial charge in [-0.2, -0.15) is 23.1 Å². The van der Waals surface area contributed by atoms with Crippen molar-refractivity contribution in [3.63, 3.8) is 0 Å². The van der Waals surface area contributed by atoms with Crippen LogP contribution in [-0.4, -0.2) is 129 Å². The Morgan fingerprint density at radius 2 is 1.76 bits per heavy atom. The molecule has 10 rings (SSSR count). The molecule has 5 fully saturated rings. The summed E-state index contributed by atoms with van der Waals surface area (Å²) >= 11 is 0. The number of carbonyl (C=O) groups excluding carboxylic acids is 2. The third kappa shape index (κ3) is 8.38. The summed E-state index contributed by atoms with van der Waals surface area (Å²) in [6, 6.07) is 10.4. The normalized spacial score (nSPS) is 21.5. The topological polar surface area (TPSA) is 241 Å². The Labute approximate surface area is 388 Å². The molecular formula is C45H49F2N11O9S. The van der Waals surface area contributed by atoms with Gasteiger partial charge in [0.25, 0.3) is 5.56 Å². The van der Waals surface area contributed by atoms with Crippen LogP contribution >= 0.6 is 0 Å². The predicted octanol–water partition coefficient (Wildman–Crippen LogP) is 3.57. The number of aliphatic hydroxyl groups excluding tert-OH is 1. The van der Waals surface area contributed by atoms with Gasteiger partial charge in [-0.15, -0.1) is 0 Å². The van der Waals surface area contributed by atoms with Gasteiger partial charge in [-0.05, 0) is 81.0 Å². The maximum absolute atomic E-state index is 15.7. The molecule has 5 saturated heterocycles. The number of anilines is 3. The fraction of sp³-hybridized carbons (Fsp3) is 0.467. The predicted molar refractivity (Wildman–Crippen MR) is 242 cm³/mol. The average molecular weight is 958 g/mol. The molecule has 20 nitrogen and oxygen atoms in total. The van der Waals surface area contributed by atoms with Crippen LogP contribution in [0.5, 0.6) is 11.5 Å². The van der Waals surface area contributed by atoms with Crippen molar-refractivity contribution in [3.05, 3.63) is 76.3 Å². The van der Waals surface area contributed by atoms with E-state index in [-0.39, 0.29) is 71.7 Å². The van der Waals surface area contributed by atoms with Crippen LogP contribution in [0.2, 0.25) is 0 Å². The highest BCUT2D eigenvalue weighted by molar-refractivity contribution is 7.90. The summed E-state index contributed by atoms with van der Waals surface area (Å²) in [4.78, 5) is 47.8. The minimum absolute atomic E-state index is 0.0335. The zero-order valence-electron chi connectivity index (χ0n) is 37.0. The highest BCUT2D eigenvalue weighted by Gasteiger charge is 2.46. The van der Waals surface area contributed by atoms with Gasteiger partial charge in [0.2, 0.25) is 5.91 Å². The Bertz CT molecular complexity index is 3070. The molecule has 2 atom stereocenters. The number of nitriles is 1. The summed E-state index contributed by atoms with van der Waals surface area (Å²) in [5, 5.41) is 40.4. The highest BCUT2D eigenvalue weighted by Crippen LogP contribution is 2.42. The van der Waals surface area contributed by atoms with Crippen molar-refractivity contribution in [1.29, 1.82) is 5.26 Å². The largest absolute Gasteiger partial charge is 0.453 e. The maximum atomic E-state index is 15.7. The van der Waals surface area contributed by atoms with E-state index in [1.54, 1.807) is 17.8 Å². The molecule has 23 heteroatoms. The zero-order chi connectivity index (χ0) is 47.7. The quantitative estimate of drug-likeness (QED) is 0.148. The van der Waals surface area contributed by atoms with Crippen molar-refractivity contribution in [2.24, 2.45) is 7.05 Å². The number of imide groups is 1. The molecule has 3 aromatic carbocycles. The van der Waals surface area contributed by atoms with Crippen LogP contribution < -0.4 is 30.1 Å². The molecule has 7 heterocycles. The number of aliphatic hydroxyl groups is 2. The number of nitrogens with one attached hydrogen (secondary N) is 2. The first-order valence-electron chi connectivity index (χ1n) is 22.5. The third-order valence-electron chi connectivity index (χ3n) is 14.1. The molecule has 0 saturated carbocycles. The maximum Gasteiger partial charge on any atom is 0.329 e. The molecular weight excluding hydrogens is 909 g/mol. The van der Waals surface area contributed by atoms with E-state index in [9.17, 15) is 38.3 Å². The van der Waals surface area contributed by atoms with Crippen LogP contribution in [0.15, 0.2) is 53.6 Å². The first-order chi connectivity index (χ1) is 32.5. The van der Waals surface area contributed by atoms with E-state index in [0.29, 0.717) is 99.9 Å². The number of rotatable bonds is 11. The SMILES string of the molecule is Cn1nc(N2CCC(=O)NC2=O)c2cc(F)c(N3CCC(O)(CC(O)N4CCC5(CC4)C[C@@H](n4cnc6ccc(Oc7c(F)ccc(NS(=O)(=O)N8CCC8)c7C#N)cc6c4=O)CO5)CC3)cc21. The molecule has 3 amide bonds. The zero-order valence-corrected chi connectivity index (χ0v) is 37.8. The Kier molecular flexibility index (Phi) is 11.6. The van der Waals surface area contributed by atoms with Gasteiger partial charge < -0.3 is 24.6 Å². The lowest BCUT2D eigenvalue weighted by atomic mass is 9.85. The van der Waals surface area contributed by atoms with Crippen molar-refractivity contribution >= 4 is 61.1 Å². The number of urea groups is 1. The molecule has 4 N–H and O–H groups in total. The van der Waals surface area contributed by atoms with Gasteiger partial charge >= 0.3 is 16.2 Å². The Balaban J connectivity index is 0.755. The molecule has 5 aliphatic heterocycles. The van der Waals surface area contributed by atoms with Crippen molar-refractivity contribution in [1.82, 2.24) is 33.9 Å². The summed E-state index contributed by atoms with van der Waals surface area (Å²) < 4.78 is 75.2. The minimum Gasteiger partial charge on any atom is -0.453 e. The number of ether oxygens (including phenoxy) is 2. The average Bonchev–Trinajstić information content (AvgIpc) is 3.83. The van der Waals surface area contributed by atoms with Crippen LogP contribution in [0.4, 0.5) is 30.8 Å². The Hall–Kier alpha value is -6.29. The van der Waals surface area contributed by atoms with Crippen molar-refractivity contribution < 1.29 is 46.5 Å². The summed E-state index contributed by atoms with van der Waals surface area (Å²) in [7, 11) is -2.26. The second-order valence-electron chi connectivity index (χ2n) is 18.3. The number of likely N-dealkylation sites (tertiary alicyclic amines) is 1. The van der Waals surface area contributed by atoms with Crippen LogP contribution in [0.25, 0.3) is 21.8 Å². The molecule has 1 unspecified atom stereocenters. The lowest BCUT2D eigenvalue weighted by molar-refractivity contribution is -0.120. The monoisotopic (exact) mass is 957 g/mol. The molecule has 68 heavy (non-hydrogen) atoms. The smallest absolute Gasteiger partial charge is 0.329 e. The minimum atomic E-state index is -3.96. The van der Waals surface area contributed by atoms with E-state index in [1.807, 2.05) is 15.9 Å². The number of benzene rings is 3. The van der Waals surface area contributed by atoms with Gasteiger partial charge in [0.1, 0.15) is 29.4 Å². The fourth-order valence-corrected chi connectivity index (χ4v) is 11.3. The van der Waals surface area contributed by atoms with Gasteiger partial charge in [0.15, 0.2) is 17.4 Å². The third-order valence-corrected chi connectivity index (χ3v) is 15.6. The molecule has 5 aromatic rings. The van der Waals surface area contributed by atoms with Gasteiger partial charge in [-0.1, -0.05) is 0 Å². The Morgan fingerprint density at radius 1 is 1.00 bits per heavy atom. The highest BCUT2D eigenvalue weighted by atomic mass is 32.2. The second kappa shape index (κ2) is 17.3. The number of aryl methyl sites for hydroxylation is 1. The van der Waals surface area contributed by atoms with Gasteiger partial charge in [0.05, 0.1) is 58.0 Å². The number of piperidine rings is 2. The first kappa shape index (κ1) is 45.5. The van der Waals surface area contributed by atoms with E-state index in [2.05, 4.69) is 20.1 Å². The second-order valence-corrected chi connectivity index (χ2v) is 20.0. The molecule has 358 valence electrons. The fourth-order valence-electron chi connectivity index (χ4n) is 10.0. The van der Waals surface area contributed by atoms with Crippen LogP contribution in [0.1, 0.15) is 63.0 Å². The number of halogens is 2. The number of amides is 3. The van der Waals surface area contributed by atoms with E-state index in [4.69, 9.17) is 9.47 Å². The van der Waals surface area contributed by atoms with Crippen molar-refractivity contribution in [2.75, 3.05) is 66.9 Å². The lowest BCUT2D eigenvalue weighted by Gasteiger charge is -2.44. The van der Waals surface area contributed by atoms with Gasteiger partial charge in [-0.25, -0.2) is 18.6 Å². The van der Waals surface area contributed by atoms with Crippen LogP contribution in [0.3, 0.4) is 0 Å². The molecule has 1 spiro atoms. The number of nitrogens with zero attached hydrogens (tertiary/aromatic N) is 9. The number of hydrogen-bond donors (Lipinski definition) is 4. The number of hydrogen-bond acceptors (Lipinski definition) is 14. The van der Waals surface area contributed by atoms with Gasteiger partial charge in [0, 0.05) is 71.1 Å². The van der Waals surface area contributed by atoms with Crippen molar-refractivity contribution in [3.8, 4) is 17.6 Å². The van der Waals surface area contributed by atoms with E-state index in [0.717, 1.165) is 12.1 Å². The molecule has 0 bridgehead atoms. The van der Waals surface area contributed by atoms with Crippen LogP contribution in [0, 0.1) is 23.0 Å². The summed E-state index contributed by atoms with van der Waals surface area (Å²) in [6.45, 7) is 2.67. The van der Waals surface area contributed by atoms with E-state index < -0.39 is 51.1 Å². The summed E-state index contributed by atoms with van der Waals surface area (Å²) in [5.74, 6) is -2.00. The Morgan fingerprint density at radius 3 is 2.47 bits per heavy atom. The van der Waals surface area contributed by atoms with Gasteiger partial charge in [-0.3, -0.25) is 38.7 Å². The molecule has 0 aliphatic carbocycles. The number of carbonyl (C=O) groups is 2. The summed E-state index contributed by atoms with van der Waals surface area (Å²) in [6.07, 6.45) is 3.66. The molecule has 5 aliphatic rings. The molecule has 2 aromatic heterocycles. The molecule has 0 radical (unpaired) electrons. The van der Waals surface area contributed by atoms with E-state index >= 15 is 8.78 Å². The lowest BCUT2D eigenvalue weighted by Crippen LogP contribution is -2.52. The number of fused-ring (bicyclic) bond motifs is 2. The summed E-state index contributed by atoms with van der Waals surface area (Å²) in [5.41, 5.74) is -1.35. The first-order valence-corrected chi connectivity index (χ1v) is 24.0. The van der Waals surface area contributed by atoms with Crippen molar-refractivity contribution in [2.45, 2.75) is 74.8 Å². The standard InChI is InChI=1S/C45H49F2N11O9S/c1-53-36-21-37(33(47)20-30(36)41(51-53)57-14-7-38(59)50-43(57)62)54-15-8-44(63,9-16-54)23-39(60)55-17-10-45(11-18-55)22-27(25-66-45)58-26-49-34-5-3-28(19-29(34)42(58)61)67-40-31(24-48)35(6-4-32(40)46)52-68(64,65)56-12-2-13-56/h3-6,19-21,26-27,39,52,60,63H,2,7-18,22-23,25H2,1H3,(H,50,59,62)/t27-,39?/m1/s1. The van der Waals surface area contributed by atoms with Crippen LogP contribution in [-0.2, 0) is 26.8 Å².